The van der Waals surface area contributed by atoms with E-state index in [1.807, 2.05) is 0 Å². The molecule has 1 saturated carbocycles. The van der Waals surface area contributed by atoms with Crippen LogP contribution in [0, 0.1) is 23.0 Å². The van der Waals surface area contributed by atoms with Crippen LogP contribution in [-0.4, -0.2) is 55.7 Å². The van der Waals surface area contributed by atoms with Crippen molar-refractivity contribution in [3.8, 4) is 0 Å². The Balaban J connectivity index is 1.84. The van der Waals surface area contributed by atoms with E-state index in [9.17, 15) is 22.4 Å². The van der Waals surface area contributed by atoms with Crippen molar-refractivity contribution in [1.29, 1.82) is 5.41 Å². The average Bonchev–Trinajstić information content (AvgIpc) is 3.25. The molecule has 1 unspecified atom stereocenters. The number of rotatable bonds is 7. The van der Waals surface area contributed by atoms with Crippen molar-refractivity contribution < 1.29 is 27.1 Å². The highest BCUT2D eigenvalue weighted by molar-refractivity contribution is 6.05. The lowest BCUT2D eigenvalue weighted by atomic mass is 10.2. The number of amides is 1. The SMILES string of the molecule is N=CC(=C(OCC1CC1(F)F)C(=O)Nc1cc(F)cc(F)c1)N1CCNCC1. The number of anilines is 1. The molecule has 1 atom stereocenters. The van der Waals surface area contributed by atoms with Crippen LogP contribution in [0.25, 0.3) is 0 Å². The average molecular weight is 400 g/mol. The van der Waals surface area contributed by atoms with Crippen molar-refractivity contribution in [3.63, 3.8) is 0 Å². The summed E-state index contributed by atoms with van der Waals surface area (Å²) in [4.78, 5) is 14.4. The van der Waals surface area contributed by atoms with Gasteiger partial charge < -0.3 is 25.7 Å². The van der Waals surface area contributed by atoms with Crippen LogP contribution in [-0.2, 0) is 9.53 Å². The maximum absolute atomic E-state index is 13.4. The topological polar surface area (TPSA) is 77.5 Å². The third-order valence-electron chi connectivity index (χ3n) is 4.54. The molecular formula is C18H20F4N4O2. The van der Waals surface area contributed by atoms with E-state index >= 15 is 0 Å². The van der Waals surface area contributed by atoms with Gasteiger partial charge in [0, 0.05) is 50.6 Å². The zero-order chi connectivity index (χ0) is 20.3. The molecule has 0 aromatic heterocycles. The lowest BCUT2D eigenvalue weighted by Gasteiger charge is -2.31. The minimum Gasteiger partial charge on any atom is -0.486 e. The number of allylic oxidation sites excluding steroid dienone is 1. The molecular weight excluding hydrogens is 380 g/mol. The first-order valence-corrected chi connectivity index (χ1v) is 8.78. The highest BCUT2D eigenvalue weighted by Crippen LogP contribution is 2.48. The van der Waals surface area contributed by atoms with Gasteiger partial charge >= 0.3 is 0 Å². The highest BCUT2D eigenvalue weighted by Gasteiger charge is 2.57. The molecule has 0 spiro atoms. The monoisotopic (exact) mass is 400 g/mol. The predicted molar refractivity (Wildman–Crippen MR) is 94.2 cm³/mol. The summed E-state index contributed by atoms with van der Waals surface area (Å²) < 4.78 is 58.5. The molecule has 1 aliphatic carbocycles. The Kier molecular flexibility index (Phi) is 5.87. The molecule has 0 bridgehead atoms. The molecule has 6 nitrogen and oxygen atoms in total. The molecule has 1 heterocycles. The predicted octanol–water partition coefficient (Wildman–Crippen LogP) is 2.34. The Morgan fingerprint density at radius 1 is 1.29 bits per heavy atom. The number of ether oxygens (including phenoxy) is 1. The number of benzene rings is 1. The van der Waals surface area contributed by atoms with E-state index in [1.54, 1.807) is 4.90 Å². The van der Waals surface area contributed by atoms with Crippen molar-refractivity contribution >= 4 is 17.8 Å². The molecule has 1 aliphatic heterocycles. The van der Waals surface area contributed by atoms with Gasteiger partial charge in [0.15, 0.2) is 0 Å². The van der Waals surface area contributed by atoms with E-state index in [4.69, 9.17) is 10.1 Å². The highest BCUT2D eigenvalue weighted by atomic mass is 19.3. The van der Waals surface area contributed by atoms with Crippen molar-refractivity contribution in [1.82, 2.24) is 10.2 Å². The maximum Gasteiger partial charge on any atom is 0.293 e. The standard InChI is InChI=1S/C18H20F4N4O2/c19-12-5-13(20)7-14(6-12)25-17(27)16(28-10-11-8-18(11,21)22)15(9-23)26-3-1-24-2-4-26/h5-7,9,11,23-24H,1-4,8,10H2,(H,25,27). The smallest absolute Gasteiger partial charge is 0.293 e. The molecule has 1 aromatic rings. The molecule has 1 amide bonds. The number of nitrogens with zero attached hydrogens (tertiary/aromatic N) is 1. The van der Waals surface area contributed by atoms with Crippen molar-refractivity contribution in [2.45, 2.75) is 12.3 Å². The van der Waals surface area contributed by atoms with Crippen LogP contribution in [0.3, 0.4) is 0 Å². The van der Waals surface area contributed by atoms with Gasteiger partial charge in [-0.15, -0.1) is 0 Å². The van der Waals surface area contributed by atoms with Crippen LogP contribution < -0.4 is 10.6 Å². The number of hydrogen-bond donors (Lipinski definition) is 3. The Bertz CT molecular complexity index is 774. The number of halogens is 4. The molecule has 10 heteroatoms. The van der Waals surface area contributed by atoms with Crippen LogP contribution in [0.5, 0.6) is 0 Å². The van der Waals surface area contributed by atoms with Crippen molar-refractivity contribution in [2.75, 3.05) is 38.1 Å². The van der Waals surface area contributed by atoms with Crippen LogP contribution in [0.15, 0.2) is 29.7 Å². The number of piperazine rings is 1. The Labute approximate surface area is 159 Å². The van der Waals surface area contributed by atoms with E-state index in [1.165, 1.54) is 0 Å². The fourth-order valence-electron chi connectivity index (χ4n) is 2.91. The second kappa shape index (κ2) is 8.17. The zero-order valence-corrected chi connectivity index (χ0v) is 14.9. The fraction of sp³-hybridized carbons (Fsp3) is 0.444. The van der Waals surface area contributed by atoms with E-state index in [0.29, 0.717) is 32.2 Å². The van der Waals surface area contributed by atoms with Gasteiger partial charge in [0.25, 0.3) is 11.8 Å². The van der Waals surface area contributed by atoms with E-state index < -0.39 is 36.0 Å². The summed E-state index contributed by atoms with van der Waals surface area (Å²) >= 11 is 0. The molecule has 28 heavy (non-hydrogen) atoms. The quantitative estimate of drug-likeness (QED) is 0.284. The zero-order valence-electron chi connectivity index (χ0n) is 14.9. The third kappa shape index (κ3) is 4.80. The Morgan fingerprint density at radius 3 is 2.43 bits per heavy atom. The van der Waals surface area contributed by atoms with Gasteiger partial charge in [0.1, 0.15) is 17.3 Å². The number of hydrogen-bond acceptors (Lipinski definition) is 5. The summed E-state index contributed by atoms with van der Waals surface area (Å²) in [7, 11) is 0. The van der Waals surface area contributed by atoms with Gasteiger partial charge in [0.2, 0.25) is 5.76 Å². The molecule has 3 rings (SSSR count). The summed E-state index contributed by atoms with van der Waals surface area (Å²) in [6.07, 6.45) is 0.585. The van der Waals surface area contributed by atoms with Crippen LogP contribution in [0.4, 0.5) is 23.2 Å². The second-order valence-corrected chi connectivity index (χ2v) is 6.68. The molecule has 3 N–H and O–H groups in total. The number of alkyl halides is 2. The maximum atomic E-state index is 13.4. The van der Waals surface area contributed by atoms with Crippen LogP contribution in [0.1, 0.15) is 6.42 Å². The van der Waals surface area contributed by atoms with Gasteiger partial charge in [-0.2, -0.15) is 0 Å². The first kappa shape index (κ1) is 20.1. The lowest BCUT2D eigenvalue weighted by molar-refractivity contribution is -0.116. The minimum atomic E-state index is -2.83. The normalized spacial score (nSPS) is 21.6. The minimum absolute atomic E-state index is 0.125. The van der Waals surface area contributed by atoms with Gasteiger partial charge in [-0.1, -0.05) is 0 Å². The molecule has 1 aromatic carbocycles. The second-order valence-electron chi connectivity index (χ2n) is 6.68. The summed E-state index contributed by atoms with van der Waals surface area (Å²) in [5.74, 6) is -6.79. The molecule has 1 saturated heterocycles. The van der Waals surface area contributed by atoms with Crippen molar-refractivity contribution in [3.05, 3.63) is 41.3 Å². The van der Waals surface area contributed by atoms with E-state index in [-0.39, 0.29) is 23.6 Å². The molecule has 152 valence electrons. The van der Waals surface area contributed by atoms with Crippen LogP contribution in [0.2, 0.25) is 0 Å². The Morgan fingerprint density at radius 2 is 1.89 bits per heavy atom. The lowest BCUT2D eigenvalue weighted by Crippen LogP contribution is -2.44. The van der Waals surface area contributed by atoms with Gasteiger partial charge in [-0.05, 0) is 12.1 Å². The third-order valence-corrected chi connectivity index (χ3v) is 4.54. The van der Waals surface area contributed by atoms with Crippen LogP contribution >= 0.6 is 0 Å². The van der Waals surface area contributed by atoms with E-state index in [2.05, 4.69) is 10.6 Å². The summed E-state index contributed by atoms with van der Waals surface area (Å²) in [5.41, 5.74) is -0.0233. The van der Waals surface area contributed by atoms with E-state index in [0.717, 1.165) is 18.3 Å². The Hall–Kier alpha value is -2.62. The van der Waals surface area contributed by atoms with Crippen molar-refractivity contribution in [2.24, 2.45) is 5.92 Å². The molecule has 2 aliphatic rings. The van der Waals surface area contributed by atoms with Gasteiger partial charge in [-0.3, -0.25) is 4.79 Å². The first-order chi connectivity index (χ1) is 13.3. The summed E-state index contributed by atoms with van der Waals surface area (Å²) in [5, 5.41) is 13.1. The fourth-order valence-corrected chi connectivity index (χ4v) is 2.91. The molecule has 2 fully saturated rings. The summed E-state index contributed by atoms with van der Waals surface area (Å²) in [6.45, 7) is 1.80. The first-order valence-electron chi connectivity index (χ1n) is 8.78. The number of carbonyl (C=O) groups is 1. The largest absolute Gasteiger partial charge is 0.486 e. The number of nitrogens with one attached hydrogen (secondary N) is 3. The van der Waals surface area contributed by atoms with Gasteiger partial charge in [-0.25, -0.2) is 17.6 Å². The number of carbonyl (C=O) groups excluding carboxylic acids is 1. The summed E-state index contributed by atoms with van der Waals surface area (Å²) in [6, 6.07) is 2.49. The van der Waals surface area contributed by atoms with Gasteiger partial charge in [0.05, 0.1) is 12.5 Å². The molecule has 0 radical (unpaired) electrons.